The van der Waals surface area contributed by atoms with Crippen LogP contribution in [0.2, 0.25) is 0 Å². The Balaban J connectivity index is 2.24. The van der Waals surface area contributed by atoms with Crippen LogP contribution in [-0.4, -0.2) is 28.1 Å². The van der Waals surface area contributed by atoms with Gasteiger partial charge in [0.15, 0.2) is 0 Å². The number of fused-ring (bicyclic) bond motifs is 1. The summed E-state index contributed by atoms with van der Waals surface area (Å²) in [6, 6.07) is 9.72. The summed E-state index contributed by atoms with van der Waals surface area (Å²) in [6.45, 7) is 5.81. The van der Waals surface area contributed by atoms with Crippen molar-refractivity contribution in [2.75, 3.05) is 6.26 Å². The Labute approximate surface area is 143 Å². The van der Waals surface area contributed by atoms with E-state index in [9.17, 15) is 4.79 Å². The van der Waals surface area contributed by atoms with Gasteiger partial charge in [0.1, 0.15) is 0 Å². The molecule has 0 aliphatic carbocycles. The smallest absolute Gasteiger partial charge is 0.272 e. The molecule has 0 aliphatic rings. The molecule has 118 valence electrons. The van der Waals surface area contributed by atoms with E-state index in [-0.39, 0.29) is 11.4 Å². The predicted octanol–water partition coefficient (Wildman–Crippen LogP) is 3.98. The van der Waals surface area contributed by atoms with E-state index >= 15 is 0 Å². The molecular formula is C16H19BrN2O2S. The van der Waals surface area contributed by atoms with E-state index in [2.05, 4.69) is 26.2 Å². The zero-order valence-electron chi connectivity index (χ0n) is 13.0. The molecule has 1 N–H and O–H groups in total. The lowest BCUT2D eigenvalue weighted by Gasteiger charge is -2.24. The average molecular weight is 383 g/mol. The SMILES string of the molecule is CSC(Oc1nc2ccccc2cc1Br)C(=O)NC(C)(C)C. The van der Waals surface area contributed by atoms with Crippen LogP contribution in [0.1, 0.15) is 20.8 Å². The average Bonchev–Trinajstić information content (AvgIpc) is 2.43. The number of amides is 1. The maximum Gasteiger partial charge on any atom is 0.272 e. The van der Waals surface area contributed by atoms with Gasteiger partial charge in [-0.3, -0.25) is 4.79 Å². The van der Waals surface area contributed by atoms with E-state index < -0.39 is 5.44 Å². The van der Waals surface area contributed by atoms with Crippen molar-refractivity contribution >= 4 is 44.5 Å². The summed E-state index contributed by atoms with van der Waals surface area (Å²) in [5.74, 6) is 0.254. The number of pyridine rings is 1. The number of para-hydroxylation sites is 1. The minimum absolute atomic E-state index is 0.165. The highest BCUT2D eigenvalue weighted by Gasteiger charge is 2.25. The van der Waals surface area contributed by atoms with Crippen LogP contribution in [0.5, 0.6) is 5.88 Å². The molecule has 0 bridgehead atoms. The third kappa shape index (κ3) is 4.36. The molecular weight excluding hydrogens is 364 g/mol. The molecule has 1 aromatic carbocycles. The second-order valence-electron chi connectivity index (χ2n) is 5.89. The molecule has 0 saturated heterocycles. The number of rotatable bonds is 4. The Kier molecular flexibility index (Phi) is 5.34. The van der Waals surface area contributed by atoms with Crippen molar-refractivity contribution in [2.24, 2.45) is 0 Å². The zero-order valence-corrected chi connectivity index (χ0v) is 15.4. The van der Waals surface area contributed by atoms with Crippen LogP contribution in [-0.2, 0) is 4.79 Å². The quantitative estimate of drug-likeness (QED) is 0.812. The highest BCUT2D eigenvalue weighted by atomic mass is 79.9. The van der Waals surface area contributed by atoms with Gasteiger partial charge < -0.3 is 10.1 Å². The maximum absolute atomic E-state index is 12.3. The topological polar surface area (TPSA) is 51.2 Å². The summed E-state index contributed by atoms with van der Waals surface area (Å²) in [6.07, 6.45) is 1.84. The van der Waals surface area contributed by atoms with Crippen molar-refractivity contribution < 1.29 is 9.53 Å². The number of hydrogen-bond acceptors (Lipinski definition) is 4. The Morgan fingerprint density at radius 1 is 1.36 bits per heavy atom. The van der Waals surface area contributed by atoms with Crippen LogP contribution >= 0.6 is 27.7 Å². The van der Waals surface area contributed by atoms with Gasteiger partial charge in [0.2, 0.25) is 11.3 Å². The molecule has 2 aromatic rings. The number of benzene rings is 1. The molecule has 0 saturated carbocycles. The van der Waals surface area contributed by atoms with Gasteiger partial charge in [-0.1, -0.05) is 18.2 Å². The molecule has 22 heavy (non-hydrogen) atoms. The fraction of sp³-hybridized carbons (Fsp3) is 0.375. The van der Waals surface area contributed by atoms with Gasteiger partial charge in [-0.15, -0.1) is 11.8 Å². The molecule has 0 radical (unpaired) electrons. The fourth-order valence-electron chi connectivity index (χ4n) is 1.89. The van der Waals surface area contributed by atoms with E-state index in [1.165, 1.54) is 11.8 Å². The molecule has 1 aromatic heterocycles. The number of carbonyl (C=O) groups is 1. The molecule has 1 atom stereocenters. The molecule has 1 heterocycles. The molecule has 1 amide bonds. The van der Waals surface area contributed by atoms with Crippen LogP contribution < -0.4 is 10.1 Å². The second kappa shape index (κ2) is 6.87. The van der Waals surface area contributed by atoms with Crippen molar-refractivity contribution in [3.63, 3.8) is 0 Å². The number of aromatic nitrogens is 1. The fourth-order valence-corrected chi connectivity index (χ4v) is 2.78. The number of thioether (sulfide) groups is 1. The Morgan fingerprint density at radius 2 is 2.05 bits per heavy atom. The molecule has 0 aliphatic heterocycles. The first-order valence-electron chi connectivity index (χ1n) is 6.87. The Bertz CT molecular complexity index is 685. The summed E-state index contributed by atoms with van der Waals surface area (Å²) in [4.78, 5) is 16.7. The normalized spacial score (nSPS) is 13.0. The summed E-state index contributed by atoms with van der Waals surface area (Å²) in [5, 5.41) is 3.93. The zero-order chi connectivity index (χ0) is 16.3. The summed E-state index contributed by atoms with van der Waals surface area (Å²) < 4.78 is 6.53. The second-order valence-corrected chi connectivity index (χ2v) is 7.65. The lowest BCUT2D eigenvalue weighted by atomic mass is 10.1. The molecule has 1 unspecified atom stereocenters. The number of nitrogens with one attached hydrogen (secondary N) is 1. The lowest BCUT2D eigenvalue weighted by molar-refractivity contribution is -0.126. The number of halogens is 1. The maximum atomic E-state index is 12.3. The third-order valence-electron chi connectivity index (χ3n) is 2.79. The first-order valence-corrected chi connectivity index (χ1v) is 8.95. The van der Waals surface area contributed by atoms with Crippen molar-refractivity contribution in [2.45, 2.75) is 31.7 Å². The minimum atomic E-state index is -0.649. The first kappa shape index (κ1) is 17.1. The van der Waals surface area contributed by atoms with Crippen molar-refractivity contribution in [3.05, 3.63) is 34.8 Å². The lowest BCUT2D eigenvalue weighted by Crippen LogP contribution is -2.46. The minimum Gasteiger partial charge on any atom is -0.452 e. The van der Waals surface area contributed by atoms with Gasteiger partial charge in [0, 0.05) is 10.9 Å². The molecule has 2 rings (SSSR count). The van der Waals surface area contributed by atoms with E-state index in [0.29, 0.717) is 5.88 Å². The van der Waals surface area contributed by atoms with Gasteiger partial charge in [0.25, 0.3) is 5.91 Å². The number of hydrogen-bond donors (Lipinski definition) is 1. The molecule has 4 nitrogen and oxygen atoms in total. The predicted molar refractivity (Wildman–Crippen MR) is 95.3 cm³/mol. The standard InChI is InChI=1S/C16H19BrN2O2S/c1-16(2,3)19-13(20)15(22-4)21-14-11(17)9-10-7-5-6-8-12(10)18-14/h5-9,15H,1-4H3,(H,19,20). The van der Waals surface area contributed by atoms with E-state index in [1.54, 1.807) is 0 Å². The van der Waals surface area contributed by atoms with Crippen molar-refractivity contribution in [1.82, 2.24) is 10.3 Å². The number of carbonyl (C=O) groups excluding carboxylic acids is 1. The Morgan fingerprint density at radius 3 is 2.68 bits per heavy atom. The number of nitrogens with zero attached hydrogens (tertiary/aromatic N) is 1. The van der Waals surface area contributed by atoms with E-state index in [4.69, 9.17) is 4.74 Å². The van der Waals surface area contributed by atoms with Crippen LogP contribution in [0, 0.1) is 0 Å². The largest absolute Gasteiger partial charge is 0.452 e. The van der Waals surface area contributed by atoms with E-state index in [1.807, 2.05) is 57.4 Å². The summed E-state index contributed by atoms with van der Waals surface area (Å²) in [5.41, 5.74) is -0.122. The molecule has 0 spiro atoms. The van der Waals surface area contributed by atoms with Crippen molar-refractivity contribution in [1.29, 1.82) is 0 Å². The van der Waals surface area contributed by atoms with Crippen LogP contribution in [0.4, 0.5) is 0 Å². The number of ether oxygens (including phenoxy) is 1. The van der Waals surface area contributed by atoms with Crippen LogP contribution in [0.25, 0.3) is 10.9 Å². The van der Waals surface area contributed by atoms with Gasteiger partial charge in [-0.25, -0.2) is 4.98 Å². The highest BCUT2D eigenvalue weighted by Crippen LogP contribution is 2.29. The highest BCUT2D eigenvalue weighted by molar-refractivity contribution is 9.10. The van der Waals surface area contributed by atoms with E-state index in [0.717, 1.165) is 15.4 Å². The monoisotopic (exact) mass is 382 g/mol. The van der Waals surface area contributed by atoms with Gasteiger partial charge >= 0.3 is 0 Å². The third-order valence-corrected chi connectivity index (χ3v) is 4.10. The Hall–Kier alpha value is -1.27. The van der Waals surface area contributed by atoms with Gasteiger partial charge in [-0.2, -0.15) is 0 Å². The van der Waals surface area contributed by atoms with Crippen molar-refractivity contribution in [3.8, 4) is 5.88 Å². The van der Waals surface area contributed by atoms with Gasteiger partial charge in [-0.05, 0) is 55.1 Å². The first-order chi connectivity index (χ1) is 10.3. The summed E-state index contributed by atoms with van der Waals surface area (Å²) in [7, 11) is 0. The van der Waals surface area contributed by atoms with Crippen LogP contribution in [0.3, 0.4) is 0 Å². The van der Waals surface area contributed by atoms with Crippen LogP contribution in [0.15, 0.2) is 34.8 Å². The molecule has 6 heteroatoms. The molecule has 0 fully saturated rings. The summed E-state index contributed by atoms with van der Waals surface area (Å²) >= 11 is 4.79. The van der Waals surface area contributed by atoms with Gasteiger partial charge in [0.05, 0.1) is 9.99 Å².